The molecule has 0 unspecified atom stereocenters. The molecule has 0 radical (unpaired) electrons. The van der Waals surface area contributed by atoms with Crippen molar-refractivity contribution in [3.63, 3.8) is 0 Å². The van der Waals surface area contributed by atoms with Crippen LogP contribution in [0.5, 0.6) is 0 Å². The average Bonchev–Trinajstić information content (AvgIpc) is 3.16. The van der Waals surface area contributed by atoms with Gasteiger partial charge in [0.2, 0.25) is 5.91 Å². The van der Waals surface area contributed by atoms with Crippen LogP contribution < -0.4 is 15.1 Å². The van der Waals surface area contributed by atoms with Crippen LogP contribution in [0, 0.1) is 5.82 Å². The Morgan fingerprint density at radius 2 is 2.09 bits per heavy atom. The molecule has 2 saturated heterocycles. The maximum atomic E-state index is 14.9. The van der Waals surface area contributed by atoms with E-state index in [-0.39, 0.29) is 25.8 Å². The summed E-state index contributed by atoms with van der Waals surface area (Å²) in [6.45, 7) is 4.05. The number of oxime groups is 1. The first-order valence-corrected chi connectivity index (χ1v) is 10.5. The van der Waals surface area contributed by atoms with Crippen LogP contribution in [0.3, 0.4) is 0 Å². The standard InChI is InChI=1S/C21H29FN4O6/c1-15(27)23-12-18-13-26(21(28)32-18)17-3-4-20(19(22)11-17)25-7-5-16(6-8-25)24-31-10-9-30-14-29-2/h3-4,11,18H,5-10,12-14H2,1-2H3,(H,23,27)/t18-/m0/s1. The molecular weight excluding hydrogens is 423 g/mol. The molecule has 2 heterocycles. The molecule has 1 atom stereocenters. The van der Waals surface area contributed by atoms with Gasteiger partial charge in [-0.05, 0) is 18.2 Å². The van der Waals surface area contributed by atoms with Crippen molar-refractivity contribution in [1.29, 1.82) is 0 Å². The third kappa shape index (κ3) is 6.54. The van der Waals surface area contributed by atoms with E-state index in [1.165, 1.54) is 17.9 Å². The molecule has 0 bridgehead atoms. The highest BCUT2D eigenvalue weighted by Crippen LogP contribution is 2.29. The molecule has 0 spiro atoms. The molecule has 2 aliphatic heterocycles. The second-order valence-corrected chi connectivity index (χ2v) is 7.48. The van der Waals surface area contributed by atoms with Crippen LogP contribution >= 0.6 is 0 Å². The summed E-state index contributed by atoms with van der Waals surface area (Å²) in [6, 6.07) is 4.71. The number of benzene rings is 1. The number of hydrogen-bond acceptors (Lipinski definition) is 8. The van der Waals surface area contributed by atoms with Crippen molar-refractivity contribution in [3.8, 4) is 0 Å². The predicted octanol–water partition coefficient (Wildman–Crippen LogP) is 1.88. The normalized spacial score (nSPS) is 18.5. The number of amides is 2. The maximum Gasteiger partial charge on any atom is 0.414 e. The zero-order valence-electron chi connectivity index (χ0n) is 18.3. The highest BCUT2D eigenvalue weighted by molar-refractivity contribution is 5.90. The van der Waals surface area contributed by atoms with Gasteiger partial charge in [0, 0.05) is 40.0 Å². The molecule has 2 fully saturated rings. The first-order valence-electron chi connectivity index (χ1n) is 10.5. The lowest BCUT2D eigenvalue weighted by molar-refractivity contribution is -0.119. The van der Waals surface area contributed by atoms with Gasteiger partial charge in [-0.2, -0.15) is 0 Å². The van der Waals surface area contributed by atoms with E-state index in [1.807, 2.05) is 4.90 Å². The third-order valence-electron chi connectivity index (χ3n) is 5.09. The van der Waals surface area contributed by atoms with Gasteiger partial charge in [-0.25, -0.2) is 9.18 Å². The molecule has 1 aromatic carbocycles. The van der Waals surface area contributed by atoms with Gasteiger partial charge >= 0.3 is 6.09 Å². The number of ether oxygens (including phenoxy) is 3. The minimum absolute atomic E-state index is 0.202. The molecule has 2 aliphatic rings. The fourth-order valence-corrected chi connectivity index (χ4v) is 3.49. The number of piperidine rings is 1. The van der Waals surface area contributed by atoms with Crippen molar-refractivity contribution in [2.75, 3.05) is 63.1 Å². The third-order valence-corrected chi connectivity index (χ3v) is 5.09. The van der Waals surface area contributed by atoms with Crippen molar-refractivity contribution >= 4 is 29.1 Å². The summed E-state index contributed by atoms with van der Waals surface area (Å²) >= 11 is 0. The monoisotopic (exact) mass is 452 g/mol. The topological polar surface area (TPSA) is 102 Å². The van der Waals surface area contributed by atoms with Gasteiger partial charge in [0.25, 0.3) is 0 Å². The highest BCUT2D eigenvalue weighted by atomic mass is 19.1. The molecule has 32 heavy (non-hydrogen) atoms. The first-order chi connectivity index (χ1) is 15.5. The van der Waals surface area contributed by atoms with Crippen molar-refractivity contribution in [1.82, 2.24) is 5.32 Å². The number of hydrogen-bond donors (Lipinski definition) is 1. The van der Waals surface area contributed by atoms with Crippen molar-refractivity contribution in [2.45, 2.75) is 25.9 Å². The van der Waals surface area contributed by atoms with E-state index < -0.39 is 18.0 Å². The van der Waals surface area contributed by atoms with Crippen LogP contribution in [0.25, 0.3) is 0 Å². The summed E-state index contributed by atoms with van der Waals surface area (Å²) in [6.07, 6.45) is 0.314. The summed E-state index contributed by atoms with van der Waals surface area (Å²) < 4.78 is 30.0. The molecule has 176 valence electrons. The number of carbonyl (C=O) groups excluding carboxylic acids is 2. The fourth-order valence-electron chi connectivity index (χ4n) is 3.49. The van der Waals surface area contributed by atoms with Crippen molar-refractivity contribution < 1.29 is 33.0 Å². The maximum absolute atomic E-state index is 14.9. The molecule has 11 heteroatoms. The van der Waals surface area contributed by atoms with E-state index >= 15 is 0 Å². The lowest BCUT2D eigenvalue weighted by Gasteiger charge is -2.30. The SMILES string of the molecule is COCOCCON=C1CCN(c2ccc(N3C[C@H](CNC(C)=O)OC3=O)cc2F)CC1. The minimum Gasteiger partial charge on any atom is -0.442 e. The number of rotatable bonds is 10. The Kier molecular flexibility index (Phi) is 8.63. The van der Waals surface area contributed by atoms with Crippen molar-refractivity contribution in [2.24, 2.45) is 5.16 Å². The Morgan fingerprint density at radius 3 is 2.78 bits per heavy atom. The fraction of sp³-hybridized carbons (Fsp3) is 0.571. The number of halogens is 1. The largest absolute Gasteiger partial charge is 0.442 e. The Balaban J connectivity index is 1.51. The van der Waals surface area contributed by atoms with Crippen LogP contribution in [0.1, 0.15) is 19.8 Å². The smallest absolute Gasteiger partial charge is 0.414 e. The molecule has 0 saturated carbocycles. The van der Waals surface area contributed by atoms with Gasteiger partial charge in [-0.15, -0.1) is 0 Å². The second-order valence-electron chi connectivity index (χ2n) is 7.48. The van der Waals surface area contributed by atoms with Gasteiger partial charge in [-0.3, -0.25) is 9.69 Å². The molecule has 0 aromatic heterocycles. The quantitative estimate of drug-likeness (QED) is 0.329. The van der Waals surface area contributed by atoms with Crippen LogP contribution in [0.2, 0.25) is 0 Å². The minimum atomic E-state index is -0.557. The summed E-state index contributed by atoms with van der Waals surface area (Å²) in [5.41, 5.74) is 1.82. The molecular formula is C21H29FN4O6. The van der Waals surface area contributed by atoms with Crippen LogP contribution in [0.15, 0.2) is 23.4 Å². The molecule has 3 rings (SSSR count). The Labute approximate surface area is 186 Å². The van der Waals surface area contributed by atoms with Gasteiger partial charge in [0.15, 0.2) is 0 Å². The van der Waals surface area contributed by atoms with Crippen LogP contribution in [-0.4, -0.2) is 77.1 Å². The predicted molar refractivity (Wildman–Crippen MR) is 115 cm³/mol. The Hall–Kier alpha value is -2.92. The average molecular weight is 452 g/mol. The number of anilines is 2. The van der Waals surface area contributed by atoms with Gasteiger partial charge in [0.05, 0.1) is 36.8 Å². The lowest BCUT2D eigenvalue weighted by Crippen LogP contribution is -2.35. The summed E-state index contributed by atoms with van der Waals surface area (Å²) in [5.74, 6) is -0.611. The van der Waals surface area contributed by atoms with Crippen LogP contribution in [-0.2, 0) is 23.8 Å². The summed E-state index contributed by atoms with van der Waals surface area (Å²) in [4.78, 5) is 31.8. The lowest BCUT2D eigenvalue weighted by atomic mass is 10.1. The number of carbonyl (C=O) groups is 2. The second kappa shape index (κ2) is 11.6. The Bertz CT molecular complexity index is 827. The molecule has 2 amide bonds. The Morgan fingerprint density at radius 1 is 1.31 bits per heavy atom. The molecule has 0 aliphatic carbocycles. The number of nitrogens with one attached hydrogen (secondary N) is 1. The summed E-state index contributed by atoms with van der Waals surface area (Å²) in [7, 11) is 1.55. The van der Waals surface area contributed by atoms with E-state index in [1.54, 1.807) is 19.2 Å². The van der Waals surface area contributed by atoms with E-state index in [0.717, 1.165) is 5.71 Å². The molecule has 10 nitrogen and oxygen atoms in total. The van der Waals surface area contributed by atoms with Gasteiger partial charge in [-0.1, -0.05) is 5.16 Å². The van der Waals surface area contributed by atoms with Crippen molar-refractivity contribution in [3.05, 3.63) is 24.0 Å². The van der Waals surface area contributed by atoms with Crippen LogP contribution in [0.4, 0.5) is 20.6 Å². The van der Waals surface area contributed by atoms with Gasteiger partial charge < -0.3 is 29.3 Å². The number of cyclic esters (lactones) is 1. The zero-order valence-corrected chi connectivity index (χ0v) is 18.3. The van der Waals surface area contributed by atoms with E-state index in [0.29, 0.717) is 50.5 Å². The van der Waals surface area contributed by atoms with Gasteiger partial charge in [0.1, 0.15) is 25.3 Å². The van der Waals surface area contributed by atoms with E-state index in [9.17, 15) is 14.0 Å². The first kappa shape index (κ1) is 23.7. The van der Waals surface area contributed by atoms with E-state index in [4.69, 9.17) is 19.0 Å². The molecule has 1 aromatic rings. The number of methoxy groups -OCH3 is 1. The van der Waals surface area contributed by atoms with E-state index in [2.05, 4.69) is 10.5 Å². The highest BCUT2D eigenvalue weighted by Gasteiger charge is 2.33. The molecule has 1 N–H and O–H groups in total. The zero-order chi connectivity index (χ0) is 22.9. The summed E-state index contributed by atoms with van der Waals surface area (Å²) in [5, 5.41) is 6.75. The number of nitrogens with zero attached hydrogens (tertiary/aromatic N) is 3.